The van der Waals surface area contributed by atoms with Crippen molar-refractivity contribution in [3.05, 3.63) is 52.5 Å². The lowest BCUT2D eigenvalue weighted by Crippen LogP contribution is -2.09. The number of halogens is 1. The van der Waals surface area contributed by atoms with Crippen LogP contribution in [0.4, 0.5) is 0 Å². The Morgan fingerprint density at radius 3 is 2.62 bits per heavy atom. The Kier molecular flexibility index (Phi) is 4.31. The third-order valence-corrected chi connectivity index (χ3v) is 3.65. The molecule has 21 heavy (non-hydrogen) atoms. The Bertz CT molecular complexity index is 629. The van der Waals surface area contributed by atoms with E-state index in [1.165, 1.54) is 0 Å². The number of hydrogen-bond acceptors (Lipinski definition) is 4. The van der Waals surface area contributed by atoms with Gasteiger partial charge in [-0.1, -0.05) is 22.0 Å². The number of aliphatic hydroxyl groups excluding tert-OH is 1. The predicted octanol–water partition coefficient (Wildman–Crippen LogP) is 3.33. The van der Waals surface area contributed by atoms with Crippen LogP contribution in [0.25, 0.3) is 0 Å². The fourth-order valence-electron chi connectivity index (χ4n) is 2.14. The van der Waals surface area contributed by atoms with E-state index < -0.39 is 6.10 Å². The molecular formula is C16H15BrO4. The maximum absolute atomic E-state index is 9.65. The van der Waals surface area contributed by atoms with Gasteiger partial charge in [-0.3, -0.25) is 0 Å². The summed E-state index contributed by atoms with van der Waals surface area (Å²) in [7, 11) is 0. The van der Waals surface area contributed by atoms with Gasteiger partial charge in [0.15, 0.2) is 0 Å². The molecule has 1 aliphatic rings. The molecule has 1 heterocycles. The van der Waals surface area contributed by atoms with Gasteiger partial charge in [-0.25, -0.2) is 0 Å². The Labute approximate surface area is 131 Å². The van der Waals surface area contributed by atoms with Gasteiger partial charge in [-0.2, -0.15) is 0 Å². The molecule has 1 atom stereocenters. The Morgan fingerprint density at radius 2 is 1.86 bits per heavy atom. The molecular weight excluding hydrogens is 336 g/mol. The maximum atomic E-state index is 9.65. The summed E-state index contributed by atoms with van der Waals surface area (Å²) in [4.78, 5) is 0. The molecule has 2 aromatic rings. The SMILES string of the molecule is OC1COc2cc(OCCOc3cccc(Br)c3)ccc21. The van der Waals surface area contributed by atoms with Gasteiger partial charge in [0.05, 0.1) is 0 Å². The minimum atomic E-state index is -0.533. The average molecular weight is 351 g/mol. The molecule has 4 nitrogen and oxygen atoms in total. The van der Waals surface area contributed by atoms with Gasteiger partial charge < -0.3 is 19.3 Å². The topological polar surface area (TPSA) is 47.9 Å². The maximum Gasteiger partial charge on any atom is 0.129 e. The van der Waals surface area contributed by atoms with Crippen LogP contribution in [0.3, 0.4) is 0 Å². The van der Waals surface area contributed by atoms with E-state index in [0.29, 0.717) is 31.3 Å². The molecule has 0 radical (unpaired) electrons. The standard InChI is InChI=1S/C16H15BrO4/c17-11-2-1-3-12(8-11)19-6-7-20-13-4-5-14-15(18)10-21-16(14)9-13/h1-5,8-9,15,18H,6-7,10H2. The summed E-state index contributed by atoms with van der Waals surface area (Å²) in [5.41, 5.74) is 0.813. The Morgan fingerprint density at radius 1 is 1.10 bits per heavy atom. The van der Waals surface area contributed by atoms with Crippen LogP contribution in [0.2, 0.25) is 0 Å². The van der Waals surface area contributed by atoms with Crippen molar-refractivity contribution in [2.45, 2.75) is 6.10 Å². The molecule has 0 aromatic heterocycles. The van der Waals surface area contributed by atoms with Crippen molar-refractivity contribution in [1.82, 2.24) is 0 Å². The summed E-state index contributed by atoms with van der Waals surface area (Å²) in [6.07, 6.45) is -0.533. The van der Waals surface area contributed by atoms with Gasteiger partial charge in [0.25, 0.3) is 0 Å². The number of aliphatic hydroxyl groups is 1. The third kappa shape index (κ3) is 3.49. The third-order valence-electron chi connectivity index (χ3n) is 3.16. The highest BCUT2D eigenvalue weighted by atomic mass is 79.9. The van der Waals surface area contributed by atoms with Crippen molar-refractivity contribution in [2.24, 2.45) is 0 Å². The first-order valence-corrected chi connectivity index (χ1v) is 7.47. The lowest BCUT2D eigenvalue weighted by molar-refractivity contribution is 0.140. The van der Waals surface area contributed by atoms with Gasteiger partial charge in [-0.05, 0) is 30.3 Å². The fourth-order valence-corrected chi connectivity index (χ4v) is 2.52. The number of benzene rings is 2. The second-order valence-electron chi connectivity index (χ2n) is 4.68. The van der Waals surface area contributed by atoms with E-state index in [1.807, 2.05) is 36.4 Å². The number of fused-ring (bicyclic) bond motifs is 1. The van der Waals surface area contributed by atoms with Crippen molar-refractivity contribution >= 4 is 15.9 Å². The first kappa shape index (κ1) is 14.2. The van der Waals surface area contributed by atoms with E-state index in [-0.39, 0.29) is 0 Å². The fraction of sp³-hybridized carbons (Fsp3) is 0.250. The highest BCUT2D eigenvalue weighted by Gasteiger charge is 2.21. The van der Waals surface area contributed by atoms with E-state index in [9.17, 15) is 5.11 Å². The van der Waals surface area contributed by atoms with Crippen molar-refractivity contribution in [1.29, 1.82) is 0 Å². The number of ether oxygens (including phenoxy) is 3. The van der Waals surface area contributed by atoms with Gasteiger partial charge in [0, 0.05) is 16.1 Å². The largest absolute Gasteiger partial charge is 0.490 e. The van der Waals surface area contributed by atoms with Crippen molar-refractivity contribution in [2.75, 3.05) is 19.8 Å². The van der Waals surface area contributed by atoms with E-state index in [1.54, 1.807) is 6.07 Å². The van der Waals surface area contributed by atoms with E-state index in [2.05, 4.69) is 15.9 Å². The van der Waals surface area contributed by atoms with Crippen LogP contribution in [0.5, 0.6) is 17.2 Å². The molecule has 0 saturated carbocycles. The predicted molar refractivity (Wildman–Crippen MR) is 82.0 cm³/mol. The molecule has 0 fully saturated rings. The van der Waals surface area contributed by atoms with E-state index >= 15 is 0 Å². The van der Waals surface area contributed by atoms with Crippen LogP contribution >= 0.6 is 15.9 Å². The van der Waals surface area contributed by atoms with Gasteiger partial charge in [-0.15, -0.1) is 0 Å². The molecule has 1 N–H and O–H groups in total. The first-order valence-electron chi connectivity index (χ1n) is 6.68. The smallest absolute Gasteiger partial charge is 0.129 e. The van der Waals surface area contributed by atoms with Crippen LogP contribution in [-0.2, 0) is 0 Å². The molecule has 2 aromatic carbocycles. The highest BCUT2D eigenvalue weighted by molar-refractivity contribution is 9.10. The summed E-state index contributed by atoms with van der Waals surface area (Å²) in [6, 6.07) is 13.1. The van der Waals surface area contributed by atoms with Crippen LogP contribution in [0, 0.1) is 0 Å². The van der Waals surface area contributed by atoms with Crippen molar-refractivity contribution in [3.8, 4) is 17.2 Å². The molecule has 0 saturated heterocycles. The zero-order valence-electron chi connectivity index (χ0n) is 11.3. The summed E-state index contributed by atoms with van der Waals surface area (Å²) in [5, 5.41) is 9.65. The molecule has 0 aliphatic carbocycles. The zero-order valence-corrected chi connectivity index (χ0v) is 12.9. The molecule has 1 unspecified atom stereocenters. The number of rotatable bonds is 5. The summed E-state index contributed by atoms with van der Waals surface area (Å²) < 4.78 is 17.6. The van der Waals surface area contributed by atoms with Gasteiger partial charge >= 0.3 is 0 Å². The molecule has 5 heteroatoms. The Hall–Kier alpha value is -1.72. The molecule has 0 amide bonds. The van der Waals surface area contributed by atoms with Crippen LogP contribution < -0.4 is 14.2 Å². The van der Waals surface area contributed by atoms with Crippen LogP contribution in [0.15, 0.2) is 46.9 Å². The molecule has 110 valence electrons. The zero-order chi connectivity index (χ0) is 14.7. The summed E-state index contributed by atoms with van der Waals surface area (Å²) in [5.74, 6) is 2.20. The van der Waals surface area contributed by atoms with Gasteiger partial charge in [0.1, 0.15) is 43.2 Å². The quantitative estimate of drug-likeness (QED) is 0.840. The molecule has 1 aliphatic heterocycles. The van der Waals surface area contributed by atoms with Gasteiger partial charge in [0.2, 0.25) is 0 Å². The first-order chi connectivity index (χ1) is 10.2. The molecule has 0 spiro atoms. The lowest BCUT2D eigenvalue weighted by Gasteiger charge is -2.09. The molecule has 0 bridgehead atoms. The molecule has 3 rings (SSSR count). The normalized spacial score (nSPS) is 16.2. The highest BCUT2D eigenvalue weighted by Crippen LogP contribution is 2.34. The summed E-state index contributed by atoms with van der Waals surface area (Å²) in [6.45, 7) is 1.20. The number of hydrogen-bond donors (Lipinski definition) is 1. The average Bonchev–Trinajstić information content (AvgIpc) is 2.85. The second-order valence-corrected chi connectivity index (χ2v) is 5.60. The lowest BCUT2D eigenvalue weighted by atomic mass is 10.1. The minimum Gasteiger partial charge on any atom is -0.490 e. The monoisotopic (exact) mass is 350 g/mol. The Balaban J connectivity index is 1.50. The van der Waals surface area contributed by atoms with Crippen molar-refractivity contribution in [3.63, 3.8) is 0 Å². The van der Waals surface area contributed by atoms with Crippen molar-refractivity contribution < 1.29 is 19.3 Å². The van der Waals surface area contributed by atoms with Crippen LogP contribution in [0.1, 0.15) is 11.7 Å². The minimum absolute atomic E-state index is 0.310. The second kappa shape index (κ2) is 6.37. The summed E-state index contributed by atoms with van der Waals surface area (Å²) >= 11 is 3.40. The van der Waals surface area contributed by atoms with E-state index in [0.717, 1.165) is 15.8 Å². The van der Waals surface area contributed by atoms with E-state index in [4.69, 9.17) is 14.2 Å². The van der Waals surface area contributed by atoms with Crippen LogP contribution in [-0.4, -0.2) is 24.9 Å².